The number of fused-ring (bicyclic) bond motifs is 1. The minimum Gasteiger partial charge on any atom is -0.493 e. The van der Waals surface area contributed by atoms with Gasteiger partial charge in [0, 0.05) is 22.9 Å². The molecule has 1 aliphatic rings. The van der Waals surface area contributed by atoms with E-state index < -0.39 is 5.60 Å². The number of methoxy groups -OCH3 is 2. The molecule has 1 heterocycles. The standard InChI is InChI=1S/C13H16O3S/c1-13(2)12(17)6-8-5-10(14-3)11(15-4)7-9(8)16-13/h5,7H,6H2,1-4H3. The highest BCUT2D eigenvalue weighted by atomic mass is 32.1. The second-order valence-corrected chi connectivity index (χ2v) is 5.02. The Kier molecular flexibility index (Phi) is 3.00. The van der Waals surface area contributed by atoms with Crippen molar-refractivity contribution < 1.29 is 14.2 Å². The summed E-state index contributed by atoms with van der Waals surface area (Å²) in [6.45, 7) is 3.96. The van der Waals surface area contributed by atoms with Crippen LogP contribution in [0.1, 0.15) is 19.4 Å². The molecule has 0 amide bonds. The molecule has 0 aliphatic carbocycles. The summed E-state index contributed by atoms with van der Waals surface area (Å²) in [5.74, 6) is 2.20. The Bertz CT molecular complexity index is 466. The fourth-order valence-corrected chi connectivity index (χ4v) is 2.05. The third-order valence-corrected chi connectivity index (χ3v) is 3.59. The first-order chi connectivity index (χ1) is 7.97. The average molecular weight is 252 g/mol. The van der Waals surface area contributed by atoms with Crippen LogP contribution in [0.5, 0.6) is 17.2 Å². The summed E-state index contributed by atoms with van der Waals surface area (Å²) >= 11 is 5.36. The zero-order valence-electron chi connectivity index (χ0n) is 10.5. The topological polar surface area (TPSA) is 27.7 Å². The number of thiocarbonyl (C=S) groups is 1. The van der Waals surface area contributed by atoms with E-state index in [4.69, 9.17) is 26.4 Å². The highest BCUT2D eigenvalue weighted by Crippen LogP contribution is 2.39. The van der Waals surface area contributed by atoms with Gasteiger partial charge in [-0.15, -0.1) is 0 Å². The quantitative estimate of drug-likeness (QED) is 0.756. The molecule has 0 N–H and O–H groups in total. The number of hydrogen-bond acceptors (Lipinski definition) is 4. The van der Waals surface area contributed by atoms with Crippen LogP contribution in [0.25, 0.3) is 0 Å². The van der Waals surface area contributed by atoms with Gasteiger partial charge in [-0.2, -0.15) is 0 Å². The van der Waals surface area contributed by atoms with Crippen LogP contribution in [-0.2, 0) is 6.42 Å². The van der Waals surface area contributed by atoms with Crippen LogP contribution in [-0.4, -0.2) is 24.7 Å². The molecule has 0 radical (unpaired) electrons. The molecule has 0 aromatic heterocycles. The third kappa shape index (κ3) is 2.09. The Hall–Kier alpha value is -1.29. The number of benzene rings is 1. The second kappa shape index (κ2) is 4.18. The molecule has 0 fully saturated rings. The number of hydrogen-bond donors (Lipinski definition) is 0. The maximum absolute atomic E-state index is 5.90. The first-order valence-corrected chi connectivity index (χ1v) is 5.86. The molecule has 2 rings (SSSR count). The van der Waals surface area contributed by atoms with Crippen LogP contribution in [0.2, 0.25) is 0 Å². The lowest BCUT2D eigenvalue weighted by Gasteiger charge is -2.33. The van der Waals surface area contributed by atoms with Crippen LogP contribution in [0, 0.1) is 0 Å². The van der Waals surface area contributed by atoms with Crippen molar-refractivity contribution >= 4 is 17.1 Å². The van der Waals surface area contributed by atoms with Crippen LogP contribution in [0.15, 0.2) is 12.1 Å². The zero-order chi connectivity index (χ0) is 12.6. The van der Waals surface area contributed by atoms with Crippen molar-refractivity contribution in [2.24, 2.45) is 0 Å². The Labute approximate surface area is 107 Å². The lowest BCUT2D eigenvalue weighted by Crippen LogP contribution is -2.41. The first kappa shape index (κ1) is 12.2. The van der Waals surface area contributed by atoms with Gasteiger partial charge >= 0.3 is 0 Å². The highest BCUT2D eigenvalue weighted by Gasteiger charge is 2.32. The van der Waals surface area contributed by atoms with Crippen LogP contribution >= 0.6 is 12.2 Å². The van der Waals surface area contributed by atoms with Gasteiger partial charge < -0.3 is 14.2 Å². The van der Waals surface area contributed by atoms with Crippen LogP contribution in [0.3, 0.4) is 0 Å². The average Bonchev–Trinajstić information content (AvgIpc) is 2.28. The minimum absolute atomic E-state index is 0.401. The Morgan fingerprint density at radius 3 is 2.35 bits per heavy atom. The highest BCUT2D eigenvalue weighted by molar-refractivity contribution is 7.80. The van der Waals surface area contributed by atoms with E-state index in [9.17, 15) is 0 Å². The maximum atomic E-state index is 5.90. The van der Waals surface area contributed by atoms with Gasteiger partial charge in [0.2, 0.25) is 0 Å². The molecule has 1 aromatic carbocycles. The smallest absolute Gasteiger partial charge is 0.164 e. The van der Waals surface area contributed by atoms with E-state index in [1.807, 2.05) is 26.0 Å². The Balaban J connectivity index is 2.49. The molecule has 3 nitrogen and oxygen atoms in total. The fourth-order valence-electron chi connectivity index (χ4n) is 1.85. The zero-order valence-corrected chi connectivity index (χ0v) is 11.3. The maximum Gasteiger partial charge on any atom is 0.164 e. The van der Waals surface area contributed by atoms with E-state index in [2.05, 4.69) is 0 Å². The number of rotatable bonds is 2. The van der Waals surface area contributed by atoms with Crippen LogP contribution in [0.4, 0.5) is 0 Å². The molecule has 1 aliphatic heterocycles. The van der Waals surface area contributed by atoms with Crippen molar-refractivity contribution in [2.45, 2.75) is 25.9 Å². The van der Waals surface area contributed by atoms with E-state index in [1.54, 1.807) is 14.2 Å². The van der Waals surface area contributed by atoms with Gasteiger partial charge in [-0.25, -0.2) is 0 Å². The monoisotopic (exact) mass is 252 g/mol. The molecule has 0 unspecified atom stereocenters. The molecule has 0 spiro atoms. The van der Waals surface area contributed by atoms with Crippen molar-refractivity contribution in [3.05, 3.63) is 17.7 Å². The van der Waals surface area contributed by atoms with Gasteiger partial charge in [0.1, 0.15) is 11.4 Å². The fraction of sp³-hybridized carbons (Fsp3) is 0.462. The molecule has 0 saturated heterocycles. The molecule has 0 saturated carbocycles. The summed E-state index contributed by atoms with van der Waals surface area (Å²) in [6, 6.07) is 3.79. The van der Waals surface area contributed by atoms with E-state index in [0.717, 1.165) is 22.6 Å². The minimum atomic E-state index is -0.401. The molecule has 0 bridgehead atoms. The lowest BCUT2D eigenvalue weighted by atomic mass is 9.94. The van der Waals surface area contributed by atoms with Crippen molar-refractivity contribution in [3.8, 4) is 17.2 Å². The second-order valence-electron chi connectivity index (χ2n) is 4.53. The van der Waals surface area contributed by atoms with Crippen molar-refractivity contribution in [1.82, 2.24) is 0 Å². The first-order valence-electron chi connectivity index (χ1n) is 5.45. The van der Waals surface area contributed by atoms with E-state index in [1.165, 1.54) is 0 Å². The molecule has 92 valence electrons. The van der Waals surface area contributed by atoms with E-state index in [0.29, 0.717) is 11.5 Å². The predicted octanol–water partition coefficient (Wildman–Crippen LogP) is 2.79. The van der Waals surface area contributed by atoms with E-state index in [-0.39, 0.29) is 0 Å². The molecule has 0 atom stereocenters. The van der Waals surface area contributed by atoms with Gasteiger partial charge in [0.25, 0.3) is 0 Å². The third-order valence-electron chi connectivity index (χ3n) is 2.95. The summed E-state index contributed by atoms with van der Waals surface area (Å²) in [5, 5.41) is 0. The predicted molar refractivity (Wildman–Crippen MR) is 70.6 cm³/mol. The van der Waals surface area contributed by atoms with Gasteiger partial charge in [0.15, 0.2) is 11.5 Å². The van der Waals surface area contributed by atoms with Crippen molar-refractivity contribution in [2.75, 3.05) is 14.2 Å². The Morgan fingerprint density at radius 2 is 1.76 bits per heavy atom. The summed E-state index contributed by atoms with van der Waals surface area (Å²) in [7, 11) is 3.24. The Morgan fingerprint density at radius 1 is 1.18 bits per heavy atom. The van der Waals surface area contributed by atoms with Gasteiger partial charge in [-0.1, -0.05) is 12.2 Å². The summed E-state index contributed by atoms with van der Waals surface area (Å²) in [5.41, 5.74) is 0.647. The summed E-state index contributed by atoms with van der Waals surface area (Å²) in [4.78, 5) is 0.900. The van der Waals surface area contributed by atoms with Gasteiger partial charge in [-0.05, 0) is 19.9 Å². The molecular formula is C13H16O3S. The molecule has 4 heteroatoms. The lowest BCUT2D eigenvalue weighted by molar-refractivity contribution is 0.173. The summed E-state index contributed by atoms with van der Waals surface area (Å²) in [6.07, 6.45) is 0.734. The number of ether oxygens (including phenoxy) is 3. The summed E-state index contributed by atoms with van der Waals surface area (Å²) < 4.78 is 16.4. The SMILES string of the molecule is COc1cc2c(cc1OC)OC(C)(C)C(=S)C2. The largest absolute Gasteiger partial charge is 0.493 e. The van der Waals surface area contributed by atoms with Crippen molar-refractivity contribution in [3.63, 3.8) is 0 Å². The molecular weight excluding hydrogens is 236 g/mol. The van der Waals surface area contributed by atoms with Gasteiger partial charge in [-0.3, -0.25) is 0 Å². The van der Waals surface area contributed by atoms with Crippen molar-refractivity contribution in [1.29, 1.82) is 0 Å². The normalized spacial score (nSPS) is 17.1. The molecule has 1 aromatic rings. The van der Waals surface area contributed by atoms with Gasteiger partial charge in [0.05, 0.1) is 14.2 Å². The molecule has 17 heavy (non-hydrogen) atoms. The van der Waals surface area contributed by atoms with Crippen LogP contribution < -0.4 is 14.2 Å². The van der Waals surface area contributed by atoms with E-state index >= 15 is 0 Å².